The largest absolute Gasteiger partial charge is 0.573 e. The van der Waals surface area contributed by atoms with Gasteiger partial charge in [-0.3, -0.25) is 0 Å². The third-order valence-corrected chi connectivity index (χ3v) is 2.27. The molecule has 11 heteroatoms. The summed E-state index contributed by atoms with van der Waals surface area (Å²) >= 11 is 2.29. The van der Waals surface area contributed by atoms with Crippen molar-refractivity contribution in [3.63, 3.8) is 0 Å². The fourth-order valence-corrected chi connectivity index (χ4v) is 1.45. The van der Waals surface area contributed by atoms with Crippen LogP contribution in [0.15, 0.2) is 10.7 Å². The third kappa shape index (κ3) is 4.18. The second-order valence-electron chi connectivity index (χ2n) is 3.06. The van der Waals surface area contributed by atoms with Gasteiger partial charge < -0.3 is 4.74 Å². The lowest BCUT2D eigenvalue weighted by Crippen LogP contribution is -2.19. The van der Waals surface area contributed by atoms with Crippen LogP contribution in [0.25, 0.3) is 0 Å². The van der Waals surface area contributed by atoms with Gasteiger partial charge in [-0.05, 0) is 22.0 Å². The SMILES string of the molecule is FC(F)c1cc(OC(F)(F)F)c(Br)nc1C(F)(F)F. The fraction of sp³-hybridized carbons (Fsp3) is 0.375. The zero-order chi connectivity index (χ0) is 15.0. The summed E-state index contributed by atoms with van der Waals surface area (Å²) in [6, 6.07) is -0.0575. The van der Waals surface area contributed by atoms with E-state index in [1.165, 1.54) is 0 Å². The molecule has 1 rings (SSSR count). The third-order valence-electron chi connectivity index (χ3n) is 1.70. The summed E-state index contributed by atoms with van der Waals surface area (Å²) in [4.78, 5) is 2.64. The molecule has 0 unspecified atom stereocenters. The maximum absolute atomic E-state index is 12.4. The number of alkyl halides is 8. The quantitative estimate of drug-likeness (QED) is 0.564. The number of pyridine rings is 1. The van der Waals surface area contributed by atoms with E-state index in [1.807, 2.05) is 0 Å². The lowest BCUT2D eigenvalue weighted by atomic mass is 10.2. The predicted molar refractivity (Wildman–Crippen MR) is 48.6 cm³/mol. The van der Waals surface area contributed by atoms with Crippen LogP contribution in [0.5, 0.6) is 5.75 Å². The van der Waals surface area contributed by atoms with Gasteiger partial charge in [0.05, 0.1) is 5.56 Å². The number of hydrogen-bond donors (Lipinski definition) is 0. The summed E-state index contributed by atoms with van der Waals surface area (Å²) in [5, 5.41) is 0. The van der Waals surface area contributed by atoms with Crippen molar-refractivity contribution in [1.82, 2.24) is 4.98 Å². The molecule has 0 saturated heterocycles. The molecule has 0 spiro atoms. The molecule has 1 aromatic heterocycles. The molecule has 0 radical (unpaired) electrons. The van der Waals surface area contributed by atoms with Crippen LogP contribution >= 0.6 is 15.9 Å². The van der Waals surface area contributed by atoms with Crippen LogP contribution in [0.1, 0.15) is 17.7 Å². The summed E-state index contributed by atoms with van der Waals surface area (Å²) in [5.41, 5.74) is -3.68. The first-order valence-corrected chi connectivity index (χ1v) is 5.02. The van der Waals surface area contributed by atoms with E-state index in [1.54, 1.807) is 0 Å². The van der Waals surface area contributed by atoms with Gasteiger partial charge in [-0.2, -0.15) is 13.2 Å². The van der Waals surface area contributed by atoms with Crippen LogP contribution in [0.2, 0.25) is 0 Å². The van der Waals surface area contributed by atoms with Gasteiger partial charge in [-0.1, -0.05) is 0 Å². The smallest absolute Gasteiger partial charge is 0.403 e. The molecule has 0 amide bonds. The Morgan fingerprint density at radius 2 is 1.63 bits per heavy atom. The summed E-state index contributed by atoms with van der Waals surface area (Å²) in [6.07, 6.45) is -14.1. The van der Waals surface area contributed by atoms with E-state index in [0.29, 0.717) is 0 Å². The van der Waals surface area contributed by atoms with Gasteiger partial charge in [0.15, 0.2) is 11.4 Å². The van der Waals surface area contributed by atoms with Crippen molar-refractivity contribution in [3.05, 3.63) is 21.9 Å². The van der Waals surface area contributed by atoms with E-state index in [9.17, 15) is 35.1 Å². The highest BCUT2D eigenvalue weighted by atomic mass is 79.9. The number of halogens is 9. The molecule has 0 atom stereocenters. The van der Waals surface area contributed by atoms with Crippen LogP contribution < -0.4 is 4.74 Å². The maximum Gasteiger partial charge on any atom is 0.573 e. The molecule has 19 heavy (non-hydrogen) atoms. The van der Waals surface area contributed by atoms with Crippen LogP contribution in [-0.2, 0) is 6.18 Å². The number of hydrogen-bond acceptors (Lipinski definition) is 2. The molecule has 0 aliphatic carbocycles. The van der Waals surface area contributed by atoms with Crippen molar-refractivity contribution in [2.75, 3.05) is 0 Å². The van der Waals surface area contributed by atoms with Crippen molar-refractivity contribution < 1.29 is 39.9 Å². The summed E-state index contributed by atoms with van der Waals surface area (Å²) in [7, 11) is 0. The van der Waals surface area contributed by atoms with Gasteiger partial charge in [0.2, 0.25) is 0 Å². The zero-order valence-corrected chi connectivity index (χ0v) is 10.00. The molecule has 0 bridgehead atoms. The van der Waals surface area contributed by atoms with Crippen molar-refractivity contribution >= 4 is 15.9 Å². The molecule has 0 aliphatic heterocycles. The minimum atomic E-state index is -5.25. The van der Waals surface area contributed by atoms with Crippen LogP contribution in [-0.4, -0.2) is 11.3 Å². The highest BCUT2D eigenvalue weighted by molar-refractivity contribution is 9.10. The summed E-state index contributed by atoms with van der Waals surface area (Å²) in [6.45, 7) is 0. The zero-order valence-electron chi connectivity index (χ0n) is 8.41. The monoisotopic (exact) mass is 359 g/mol. The Balaban J connectivity index is 3.37. The Morgan fingerprint density at radius 3 is 2.00 bits per heavy atom. The van der Waals surface area contributed by atoms with Crippen LogP contribution in [0.3, 0.4) is 0 Å². The Bertz CT molecular complexity index is 469. The van der Waals surface area contributed by atoms with E-state index in [4.69, 9.17) is 0 Å². The molecular formula is C8H2BrF8NO. The first kappa shape index (κ1) is 15.9. The predicted octanol–water partition coefficient (Wildman–Crippen LogP) is 4.70. The lowest BCUT2D eigenvalue weighted by molar-refractivity contribution is -0.275. The van der Waals surface area contributed by atoms with Crippen molar-refractivity contribution in [1.29, 1.82) is 0 Å². The van der Waals surface area contributed by atoms with Gasteiger partial charge in [-0.25, -0.2) is 13.8 Å². The second kappa shape index (κ2) is 5.10. The molecule has 108 valence electrons. The Kier molecular flexibility index (Phi) is 4.27. The standard InChI is InChI=1S/C8H2BrF8NO/c9-5-3(19-8(15,16)17)1-2(6(10)11)4(18-5)7(12,13)14/h1,6H. The van der Waals surface area contributed by atoms with Crippen molar-refractivity contribution in [2.24, 2.45) is 0 Å². The fourth-order valence-electron chi connectivity index (χ4n) is 1.08. The average molecular weight is 360 g/mol. The van der Waals surface area contributed by atoms with Crippen molar-refractivity contribution in [2.45, 2.75) is 19.0 Å². The summed E-state index contributed by atoms with van der Waals surface area (Å²) in [5.74, 6) is -1.28. The van der Waals surface area contributed by atoms with Gasteiger partial charge in [0.1, 0.15) is 4.60 Å². The Labute approximate surface area is 108 Å². The number of aromatic nitrogens is 1. The molecule has 0 aliphatic rings. The number of nitrogens with zero attached hydrogens (tertiary/aromatic N) is 1. The second-order valence-corrected chi connectivity index (χ2v) is 3.81. The van der Waals surface area contributed by atoms with E-state index in [0.717, 1.165) is 0 Å². The molecule has 0 fully saturated rings. The molecular weight excluding hydrogens is 358 g/mol. The van der Waals surface area contributed by atoms with Gasteiger partial charge in [-0.15, -0.1) is 13.2 Å². The highest BCUT2D eigenvalue weighted by Gasteiger charge is 2.40. The topological polar surface area (TPSA) is 22.1 Å². The van der Waals surface area contributed by atoms with Gasteiger partial charge in [0.25, 0.3) is 6.43 Å². The molecule has 0 N–H and O–H groups in total. The van der Waals surface area contributed by atoms with E-state index in [-0.39, 0.29) is 6.07 Å². The summed E-state index contributed by atoms with van der Waals surface area (Å²) < 4.78 is 100.0. The van der Waals surface area contributed by atoms with E-state index < -0.39 is 40.6 Å². The number of ether oxygens (including phenoxy) is 1. The average Bonchev–Trinajstić information content (AvgIpc) is 2.16. The first-order chi connectivity index (χ1) is 8.42. The Hall–Kier alpha value is -1.13. The molecule has 0 saturated carbocycles. The molecule has 1 aromatic rings. The minimum Gasteiger partial charge on any atom is -0.403 e. The molecule has 0 aromatic carbocycles. The van der Waals surface area contributed by atoms with E-state index in [2.05, 4.69) is 25.7 Å². The van der Waals surface area contributed by atoms with Crippen LogP contribution in [0.4, 0.5) is 35.1 Å². The van der Waals surface area contributed by atoms with Crippen LogP contribution in [0, 0.1) is 0 Å². The first-order valence-electron chi connectivity index (χ1n) is 4.23. The number of rotatable bonds is 2. The minimum absolute atomic E-state index is 0.0575. The maximum atomic E-state index is 12.4. The van der Waals surface area contributed by atoms with Gasteiger partial charge in [0, 0.05) is 0 Å². The normalized spacial score (nSPS) is 12.9. The van der Waals surface area contributed by atoms with E-state index >= 15 is 0 Å². The molecule has 2 nitrogen and oxygen atoms in total. The lowest BCUT2D eigenvalue weighted by Gasteiger charge is -2.15. The molecule has 1 heterocycles. The van der Waals surface area contributed by atoms with Crippen molar-refractivity contribution in [3.8, 4) is 5.75 Å². The highest BCUT2D eigenvalue weighted by Crippen LogP contribution is 2.40. The Morgan fingerprint density at radius 1 is 1.11 bits per heavy atom. The van der Waals surface area contributed by atoms with Gasteiger partial charge >= 0.3 is 12.5 Å².